The van der Waals surface area contributed by atoms with Crippen LogP contribution in [0.1, 0.15) is 22.7 Å². The van der Waals surface area contributed by atoms with Crippen LogP contribution in [-0.4, -0.2) is 36.0 Å². The van der Waals surface area contributed by atoms with Crippen LogP contribution in [0.15, 0.2) is 72.6 Å². The number of methoxy groups -OCH3 is 2. The summed E-state index contributed by atoms with van der Waals surface area (Å²) in [5, 5.41) is 11.2. The van der Waals surface area contributed by atoms with Crippen molar-refractivity contribution in [3.05, 3.63) is 89.3 Å². The summed E-state index contributed by atoms with van der Waals surface area (Å²) in [5.41, 5.74) is 2.50. The molecule has 0 spiro atoms. The molecule has 4 rings (SSSR count). The number of aliphatic hydroxyl groups is 1. The number of aromatic nitrogens is 1. The van der Waals surface area contributed by atoms with E-state index in [2.05, 4.69) is 4.98 Å². The molecule has 32 heavy (non-hydrogen) atoms. The Balaban J connectivity index is 1.93. The van der Waals surface area contributed by atoms with E-state index in [9.17, 15) is 14.7 Å². The van der Waals surface area contributed by atoms with E-state index in [-0.39, 0.29) is 11.3 Å². The fourth-order valence-electron chi connectivity index (χ4n) is 3.88. The van der Waals surface area contributed by atoms with E-state index < -0.39 is 17.7 Å². The maximum Gasteiger partial charge on any atom is 0.300 e. The smallest absolute Gasteiger partial charge is 0.300 e. The second kappa shape index (κ2) is 8.55. The van der Waals surface area contributed by atoms with Crippen molar-refractivity contribution in [3.8, 4) is 11.5 Å². The average molecular weight is 430 g/mol. The van der Waals surface area contributed by atoms with Crippen molar-refractivity contribution >= 4 is 23.1 Å². The number of anilines is 1. The summed E-state index contributed by atoms with van der Waals surface area (Å²) in [6.45, 7) is 1.91. The van der Waals surface area contributed by atoms with E-state index in [0.29, 0.717) is 28.3 Å². The second-order valence-electron chi connectivity index (χ2n) is 7.36. The Bertz CT molecular complexity index is 1220. The Morgan fingerprint density at radius 3 is 2.34 bits per heavy atom. The number of aliphatic hydroxyl groups excluding tert-OH is 1. The zero-order chi connectivity index (χ0) is 22.8. The van der Waals surface area contributed by atoms with E-state index >= 15 is 0 Å². The second-order valence-corrected chi connectivity index (χ2v) is 7.36. The van der Waals surface area contributed by atoms with Gasteiger partial charge in [-0.3, -0.25) is 19.5 Å². The van der Waals surface area contributed by atoms with Gasteiger partial charge in [-0.1, -0.05) is 12.1 Å². The van der Waals surface area contributed by atoms with Gasteiger partial charge in [0.05, 0.1) is 25.8 Å². The quantitative estimate of drug-likeness (QED) is 0.373. The van der Waals surface area contributed by atoms with Gasteiger partial charge in [0.1, 0.15) is 5.76 Å². The Labute approximate surface area is 185 Å². The normalized spacial score (nSPS) is 17.5. The predicted molar refractivity (Wildman–Crippen MR) is 120 cm³/mol. The number of carbonyl (C=O) groups excluding carboxylic acids is 2. The van der Waals surface area contributed by atoms with Crippen LogP contribution in [0.4, 0.5) is 5.69 Å². The summed E-state index contributed by atoms with van der Waals surface area (Å²) in [7, 11) is 2.99. The minimum atomic E-state index is -0.812. The number of amides is 1. The van der Waals surface area contributed by atoms with Crippen molar-refractivity contribution in [1.82, 2.24) is 4.98 Å². The largest absolute Gasteiger partial charge is 0.507 e. The zero-order valence-corrected chi connectivity index (χ0v) is 17.9. The molecular weight excluding hydrogens is 408 g/mol. The summed E-state index contributed by atoms with van der Waals surface area (Å²) in [5.74, 6) is -0.888. The third-order valence-corrected chi connectivity index (χ3v) is 5.40. The first kappa shape index (κ1) is 21.1. The van der Waals surface area contributed by atoms with Crippen LogP contribution in [0.25, 0.3) is 5.76 Å². The van der Waals surface area contributed by atoms with Gasteiger partial charge in [0.25, 0.3) is 11.7 Å². The van der Waals surface area contributed by atoms with E-state index in [1.165, 1.54) is 19.1 Å². The molecule has 7 heteroatoms. The molecule has 1 saturated heterocycles. The van der Waals surface area contributed by atoms with E-state index in [0.717, 1.165) is 5.56 Å². The van der Waals surface area contributed by atoms with Crippen molar-refractivity contribution in [2.45, 2.75) is 13.0 Å². The SMILES string of the molecule is COc1ccc(/C(O)=C2/C(=O)C(=O)N(c3cccc(C)c3)C2c2ccncc2)cc1OC. The molecule has 1 fully saturated rings. The Kier molecular flexibility index (Phi) is 5.64. The lowest BCUT2D eigenvalue weighted by atomic mass is 9.95. The van der Waals surface area contributed by atoms with Gasteiger partial charge in [-0.05, 0) is 60.5 Å². The minimum absolute atomic E-state index is 0.00470. The summed E-state index contributed by atoms with van der Waals surface area (Å²) >= 11 is 0. The van der Waals surface area contributed by atoms with Gasteiger partial charge in [-0.2, -0.15) is 0 Å². The predicted octanol–water partition coefficient (Wildman–Crippen LogP) is 4.03. The van der Waals surface area contributed by atoms with E-state index in [4.69, 9.17) is 9.47 Å². The first-order valence-electron chi connectivity index (χ1n) is 9.96. The molecule has 1 aliphatic heterocycles. The fourth-order valence-corrected chi connectivity index (χ4v) is 3.88. The fraction of sp³-hybridized carbons (Fsp3) is 0.160. The van der Waals surface area contributed by atoms with Gasteiger partial charge in [-0.15, -0.1) is 0 Å². The van der Waals surface area contributed by atoms with Crippen LogP contribution in [0.3, 0.4) is 0 Å². The van der Waals surface area contributed by atoms with Crippen LogP contribution in [0, 0.1) is 6.92 Å². The van der Waals surface area contributed by atoms with E-state index in [1.807, 2.05) is 25.1 Å². The highest BCUT2D eigenvalue weighted by molar-refractivity contribution is 6.51. The maximum absolute atomic E-state index is 13.2. The molecule has 1 aliphatic rings. The number of ketones is 1. The van der Waals surface area contributed by atoms with Gasteiger partial charge < -0.3 is 14.6 Å². The third kappa shape index (κ3) is 3.58. The van der Waals surface area contributed by atoms with Crippen LogP contribution in [0.2, 0.25) is 0 Å². The van der Waals surface area contributed by atoms with Crippen molar-refractivity contribution in [2.24, 2.45) is 0 Å². The summed E-state index contributed by atoms with van der Waals surface area (Å²) in [6.07, 6.45) is 3.17. The van der Waals surface area contributed by atoms with Gasteiger partial charge in [0, 0.05) is 23.6 Å². The lowest BCUT2D eigenvalue weighted by Crippen LogP contribution is -2.29. The molecule has 1 atom stereocenters. The molecule has 1 unspecified atom stereocenters. The van der Waals surface area contributed by atoms with Crippen molar-refractivity contribution in [3.63, 3.8) is 0 Å². The van der Waals surface area contributed by atoms with Crippen molar-refractivity contribution in [1.29, 1.82) is 0 Å². The topological polar surface area (TPSA) is 89.0 Å². The Morgan fingerprint density at radius 2 is 1.69 bits per heavy atom. The first-order valence-corrected chi connectivity index (χ1v) is 9.96. The molecular formula is C25H22N2O5. The van der Waals surface area contributed by atoms with Crippen molar-refractivity contribution in [2.75, 3.05) is 19.1 Å². The molecule has 0 saturated carbocycles. The molecule has 1 amide bonds. The van der Waals surface area contributed by atoms with E-state index in [1.54, 1.807) is 48.8 Å². The summed E-state index contributed by atoms with van der Waals surface area (Å²) in [6, 6.07) is 14.8. The number of nitrogens with zero attached hydrogens (tertiary/aromatic N) is 2. The van der Waals surface area contributed by atoms with Gasteiger partial charge >= 0.3 is 0 Å². The third-order valence-electron chi connectivity index (χ3n) is 5.40. The lowest BCUT2D eigenvalue weighted by Gasteiger charge is -2.25. The highest BCUT2D eigenvalue weighted by atomic mass is 16.5. The highest BCUT2D eigenvalue weighted by Crippen LogP contribution is 2.42. The zero-order valence-electron chi connectivity index (χ0n) is 17.9. The monoisotopic (exact) mass is 430 g/mol. The van der Waals surface area contributed by atoms with Crippen LogP contribution in [0.5, 0.6) is 11.5 Å². The molecule has 2 heterocycles. The lowest BCUT2D eigenvalue weighted by molar-refractivity contribution is -0.132. The number of hydrogen-bond donors (Lipinski definition) is 1. The molecule has 0 radical (unpaired) electrons. The number of rotatable bonds is 5. The molecule has 2 aromatic carbocycles. The van der Waals surface area contributed by atoms with Gasteiger partial charge in [0.15, 0.2) is 11.5 Å². The Hall–Kier alpha value is -4.13. The summed E-state index contributed by atoms with van der Waals surface area (Å²) in [4.78, 5) is 31.8. The van der Waals surface area contributed by atoms with Crippen LogP contribution in [-0.2, 0) is 9.59 Å². The van der Waals surface area contributed by atoms with Crippen LogP contribution >= 0.6 is 0 Å². The molecule has 0 bridgehead atoms. The minimum Gasteiger partial charge on any atom is -0.507 e. The molecule has 1 N–H and O–H groups in total. The van der Waals surface area contributed by atoms with Crippen LogP contribution < -0.4 is 14.4 Å². The average Bonchev–Trinajstić information content (AvgIpc) is 3.09. The molecule has 1 aromatic heterocycles. The number of aryl methyl sites for hydroxylation is 1. The highest BCUT2D eigenvalue weighted by Gasteiger charge is 2.47. The summed E-state index contributed by atoms with van der Waals surface area (Å²) < 4.78 is 10.6. The number of pyridine rings is 1. The molecule has 0 aliphatic carbocycles. The Morgan fingerprint density at radius 1 is 0.969 bits per heavy atom. The standard InChI is InChI=1S/C25H22N2O5/c1-15-5-4-6-18(13-15)27-22(16-9-11-26-12-10-16)21(24(29)25(27)30)23(28)17-7-8-19(31-2)20(14-17)32-3/h4-14,22,28H,1-3H3/b23-21-. The van der Waals surface area contributed by atoms with Gasteiger partial charge in [0.2, 0.25) is 0 Å². The molecule has 7 nitrogen and oxygen atoms in total. The molecule has 3 aromatic rings. The number of hydrogen-bond acceptors (Lipinski definition) is 6. The number of carbonyl (C=O) groups is 2. The van der Waals surface area contributed by atoms with Crippen molar-refractivity contribution < 1.29 is 24.2 Å². The first-order chi connectivity index (χ1) is 15.5. The van der Waals surface area contributed by atoms with Gasteiger partial charge in [-0.25, -0.2) is 0 Å². The maximum atomic E-state index is 13.2. The number of benzene rings is 2. The number of ether oxygens (including phenoxy) is 2. The number of Topliss-reactive ketones (excluding diaryl/α,β-unsaturated/α-hetero) is 1. The molecule has 162 valence electrons.